The molecule has 0 bridgehead atoms. The van der Waals surface area contributed by atoms with Crippen LogP contribution in [0.1, 0.15) is 0 Å². The van der Waals surface area contributed by atoms with Gasteiger partial charge in [0.1, 0.15) is 16.5 Å². The Hall–Kier alpha value is -2.19. The van der Waals surface area contributed by atoms with E-state index in [1.54, 1.807) is 0 Å². The summed E-state index contributed by atoms with van der Waals surface area (Å²) in [5, 5.41) is 0. The minimum atomic E-state index is -3.70. The molecule has 0 amide bonds. The molecule has 0 aliphatic rings. The molecule has 5 nitrogen and oxygen atoms in total. The quantitative estimate of drug-likeness (QED) is 0.848. The number of halogens is 2. The molecule has 8 heteroatoms. The highest BCUT2D eigenvalue weighted by atomic mass is 32.2. The third-order valence-corrected chi connectivity index (χ3v) is 4.15. The van der Waals surface area contributed by atoms with E-state index in [0.29, 0.717) is 0 Å². The third-order valence-electron chi connectivity index (χ3n) is 2.66. The molecule has 3 N–H and O–H groups in total. The van der Waals surface area contributed by atoms with Crippen molar-refractivity contribution in [3.8, 4) is 11.5 Å². The number of nitrogen functional groups attached to an aromatic ring is 1. The lowest BCUT2D eigenvalue weighted by Crippen LogP contribution is -2.19. The molecule has 112 valence electrons. The van der Waals surface area contributed by atoms with E-state index in [-0.39, 0.29) is 22.1 Å². The highest BCUT2D eigenvalue weighted by Gasteiger charge is 2.16. The van der Waals surface area contributed by atoms with E-state index < -0.39 is 21.7 Å². The molecule has 0 fully saturated rings. The molecule has 2 aromatic carbocycles. The number of hydrogen-bond acceptors (Lipinski definition) is 4. The summed E-state index contributed by atoms with van der Waals surface area (Å²) in [6, 6.07) is 6.49. The number of ether oxygens (including phenoxy) is 1. The molecule has 0 saturated carbocycles. The van der Waals surface area contributed by atoms with Gasteiger partial charge < -0.3 is 10.5 Å². The maximum atomic E-state index is 13.5. The number of nitrogens with one attached hydrogen (secondary N) is 1. The number of nitrogens with two attached hydrogens (primary N) is 1. The van der Waals surface area contributed by atoms with Crippen LogP contribution in [0.4, 0.5) is 14.5 Å². The van der Waals surface area contributed by atoms with Gasteiger partial charge in [0.05, 0.1) is 5.69 Å². The number of benzene rings is 2. The predicted molar refractivity (Wildman–Crippen MR) is 73.5 cm³/mol. The van der Waals surface area contributed by atoms with Gasteiger partial charge >= 0.3 is 0 Å². The van der Waals surface area contributed by atoms with Crippen molar-refractivity contribution >= 4 is 15.7 Å². The Bertz CT molecular complexity index is 779. The van der Waals surface area contributed by atoms with Crippen molar-refractivity contribution in [2.75, 3.05) is 12.8 Å². The molecule has 2 aromatic rings. The molecule has 0 unspecified atom stereocenters. The predicted octanol–water partition coefficient (Wildman–Crippen LogP) is 2.25. The van der Waals surface area contributed by atoms with Gasteiger partial charge in [-0.1, -0.05) is 0 Å². The SMILES string of the molecule is CNS(=O)(=O)c1ccc(Oc2cc(F)ccc2F)cc1N. The van der Waals surface area contributed by atoms with Gasteiger partial charge in [0.25, 0.3) is 0 Å². The molecule has 0 aliphatic heterocycles. The molecule has 0 atom stereocenters. The van der Waals surface area contributed by atoms with Crippen molar-refractivity contribution in [1.29, 1.82) is 0 Å². The Morgan fingerprint density at radius 2 is 1.86 bits per heavy atom. The summed E-state index contributed by atoms with van der Waals surface area (Å²) >= 11 is 0. The van der Waals surface area contributed by atoms with E-state index in [0.717, 1.165) is 18.2 Å². The van der Waals surface area contributed by atoms with E-state index in [9.17, 15) is 17.2 Å². The van der Waals surface area contributed by atoms with Crippen LogP contribution in [0.3, 0.4) is 0 Å². The van der Waals surface area contributed by atoms with Gasteiger partial charge in [-0.2, -0.15) is 0 Å². The van der Waals surface area contributed by atoms with Gasteiger partial charge in [0.15, 0.2) is 11.6 Å². The highest BCUT2D eigenvalue weighted by molar-refractivity contribution is 7.89. The van der Waals surface area contributed by atoms with Gasteiger partial charge in [0.2, 0.25) is 10.0 Å². The Kier molecular flexibility index (Phi) is 4.10. The first kappa shape index (κ1) is 15.2. The van der Waals surface area contributed by atoms with Crippen LogP contribution in [0.25, 0.3) is 0 Å². The standard InChI is InChI=1S/C13H12F2N2O3S/c1-17-21(18,19)13-5-3-9(7-11(13)16)20-12-6-8(14)2-4-10(12)15/h2-7,17H,16H2,1H3. The van der Waals surface area contributed by atoms with Gasteiger partial charge in [-0.25, -0.2) is 21.9 Å². The molecule has 2 rings (SSSR count). The topological polar surface area (TPSA) is 81.4 Å². The fourth-order valence-corrected chi connectivity index (χ4v) is 2.46. The summed E-state index contributed by atoms with van der Waals surface area (Å²) < 4.78 is 57.1. The van der Waals surface area contributed by atoms with Gasteiger partial charge in [-0.15, -0.1) is 0 Å². The summed E-state index contributed by atoms with van der Waals surface area (Å²) in [5.74, 6) is -1.64. The minimum absolute atomic E-state index is 0.0707. The van der Waals surface area contributed by atoms with E-state index in [4.69, 9.17) is 10.5 Å². The lowest BCUT2D eigenvalue weighted by Gasteiger charge is -2.10. The van der Waals surface area contributed by atoms with Crippen LogP contribution in [0.15, 0.2) is 41.3 Å². The van der Waals surface area contributed by atoms with Crippen LogP contribution >= 0.6 is 0 Å². The first-order valence-corrected chi connectivity index (χ1v) is 7.28. The molecule has 0 aromatic heterocycles. The van der Waals surface area contributed by atoms with Crippen molar-refractivity contribution in [1.82, 2.24) is 4.72 Å². The van der Waals surface area contributed by atoms with Crippen LogP contribution in [0.5, 0.6) is 11.5 Å². The molecule has 0 saturated heterocycles. The highest BCUT2D eigenvalue weighted by Crippen LogP contribution is 2.29. The Morgan fingerprint density at radius 1 is 1.14 bits per heavy atom. The van der Waals surface area contributed by atoms with Crippen molar-refractivity contribution in [2.45, 2.75) is 4.90 Å². The fourth-order valence-electron chi connectivity index (χ4n) is 1.63. The van der Waals surface area contributed by atoms with Crippen molar-refractivity contribution in [3.05, 3.63) is 48.0 Å². The van der Waals surface area contributed by atoms with E-state index in [1.807, 2.05) is 0 Å². The average Bonchev–Trinajstić information content (AvgIpc) is 2.43. The molecule has 0 heterocycles. The third kappa shape index (κ3) is 3.29. The molecule has 0 radical (unpaired) electrons. The Labute approximate surface area is 120 Å². The molecular weight excluding hydrogens is 302 g/mol. The van der Waals surface area contributed by atoms with E-state index >= 15 is 0 Å². The van der Waals surface area contributed by atoms with Gasteiger partial charge in [0, 0.05) is 12.1 Å². The summed E-state index contributed by atoms with van der Waals surface area (Å²) in [6.07, 6.45) is 0. The molecule has 0 aliphatic carbocycles. The minimum Gasteiger partial charge on any atom is -0.454 e. The number of rotatable bonds is 4. The molecule has 21 heavy (non-hydrogen) atoms. The Morgan fingerprint density at radius 3 is 2.48 bits per heavy atom. The lowest BCUT2D eigenvalue weighted by molar-refractivity contribution is 0.436. The monoisotopic (exact) mass is 314 g/mol. The summed E-state index contributed by atoms with van der Waals surface area (Å²) in [4.78, 5) is -0.128. The van der Waals surface area contributed by atoms with Crippen molar-refractivity contribution < 1.29 is 21.9 Å². The Balaban J connectivity index is 2.35. The normalized spacial score (nSPS) is 11.4. The fraction of sp³-hybridized carbons (Fsp3) is 0.0769. The second-order valence-corrected chi connectivity index (χ2v) is 5.94. The van der Waals surface area contributed by atoms with Crippen LogP contribution in [0, 0.1) is 11.6 Å². The largest absolute Gasteiger partial charge is 0.454 e. The first-order valence-electron chi connectivity index (χ1n) is 5.79. The number of sulfonamides is 1. The zero-order valence-electron chi connectivity index (χ0n) is 10.9. The second-order valence-electron chi connectivity index (χ2n) is 4.08. The summed E-state index contributed by atoms with van der Waals surface area (Å²) in [7, 11) is -2.45. The van der Waals surface area contributed by atoms with Crippen LogP contribution in [0.2, 0.25) is 0 Å². The van der Waals surface area contributed by atoms with E-state index in [1.165, 1.54) is 25.2 Å². The van der Waals surface area contributed by atoms with E-state index in [2.05, 4.69) is 4.72 Å². The summed E-state index contributed by atoms with van der Waals surface area (Å²) in [5.41, 5.74) is 5.57. The van der Waals surface area contributed by atoms with Crippen LogP contribution in [-0.4, -0.2) is 15.5 Å². The smallest absolute Gasteiger partial charge is 0.242 e. The molecular formula is C13H12F2N2O3S. The zero-order chi connectivity index (χ0) is 15.6. The zero-order valence-corrected chi connectivity index (χ0v) is 11.7. The lowest BCUT2D eigenvalue weighted by atomic mass is 10.3. The van der Waals surface area contributed by atoms with Crippen molar-refractivity contribution in [2.24, 2.45) is 0 Å². The second kappa shape index (κ2) is 5.66. The van der Waals surface area contributed by atoms with Gasteiger partial charge in [-0.3, -0.25) is 0 Å². The van der Waals surface area contributed by atoms with Crippen molar-refractivity contribution in [3.63, 3.8) is 0 Å². The maximum absolute atomic E-state index is 13.5. The van der Waals surface area contributed by atoms with Crippen LogP contribution in [-0.2, 0) is 10.0 Å². The maximum Gasteiger partial charge on any atom is 0.242 e. The average molecular weight is 314 g/mol. The van der Waals surface area contributed by atoms with Gasteiger partial charge in [-0.05, 0) is 31.3 Å². The summed E-state index contributed by atoms with van der Waals surface area (Å²) in [6.45, 7) is 0. The molecule has 0 spiro atoms. The number of hydrogen-bond donors (Lipinski definition) is 2. The van der Waals surface area contributed by atoms with Crippen LogP contribution < -0.4 is 15.2 Å². The number of anilines is 1. The first-order chi connectivity index (χ1) is 9.83.